The summed E-state index contributed by atoms with van der Waals surface area (Å²) in [5, 5.41) is 0. The van der Waals surface area contributed by atoms with E-state index in [9.17, 15) is 0 Å². The third-order valence-corrected chi connectivity index (χ3v) is 5.14. The Morgan fingerprint density at radius 1 is 1.11 bits per heavy atom. The molecule has 2 N–H and O–H groups in total. The summed E-state index contributed by atoms with van der Waals surface area (Å²) in [6.07, 6.45) is 4.36. The molecular formula is C7H19OSn. The van der Waals surface area contributed by atoms with Crippen molar-refractivity contribution in [3.8, 4) is 0 Å². The molecule has 0 fully saturated rings. The van der Waals surface area contributed by atoms with Crippen molar-refractivity contribution in [3.05, 3.63) is 0 Å². The van der Waals surface area contributed by atoms with Crippen LogP contribution in [0.25, 0.3) is 0 Å². The summed E-state index contributed by atoms with van der Waals surface area (Å²) in [6.45, 7) is 2.27. The first-order valence-electron chi connectivity index (χ1n) is 3.56. The van der Waals surface area contributed by atoms with Gasteiger partial charge in [-0.2, -0.15) is 0 Å². The van der Waals surface area contributed by atoms with E-state index < -0.39 is 19.8 Å². The smallest absolute Gasteiger partial charge is 0.412 e. The summed E-state index contributed by atoms with van der Waals surface area (Å²) in [6, 6.07) is 0. The molecule has 0 saturated heterocycles. The second kappa shape index (κ2) is 8.76. The maximum Gasteiger partial charge on any atom is -0.412 e. The Kier molecular flexibility index (Phi) is 12.1. The maximum atomic E-state index is 2.48. The van der Waals surface area contributed by atoms with Crippen molar-refractivity contribution in [2.24, 2.45) is 0 Å². The molecule has 0 aromatic heterocycles. The van der Waals surface area contributed by atoms with E-state index in [1.807, 2.05) is 0 Å². The quantitative estimate of drug-likeness (QED) is 0.530. The average molecular weight is 238 g/mol. The summed E-state index contributed by atoms with van der Waals surface area (Å²) < 4.78 is 1.61. The predicted molar refractivity (Wildman–Crippen MR) is 45.4 cm³/mol. The van der Waals surface area contributed by atoms with Crippen molar-refractivity contribution in [2.75, 3.05) is 0 Å². The third kappa shape index (κ3) is 12.1. The van der Waals surface area contributed by atoms with Crippen LogP contribution < -0.4 is 0 Å². The Morgan fingerprint density at radius 3 is 2.00 bits per heavy atom. The molecule has 0 aliphatic carbocycles. The van der Waals surface area contributed by atoms with Gasteiger partial charge in [-0.05, 0) is 0 Å². The van der Waals surface area contributed by atoms with Crippen LogP contribution in [0.4, 0.5) is 0 Å². The van der Waals surface area contributed by atoms with E-state index in [1.165, 1.54) is 19.3 Å². The van der Waals surface area contributed by atoms with Crippen LogP contribution in [0.3, 0.4) is 0 Å². The summed E-state index contributed by atoms with van der Waals surface area (Å²) in [4.78, 5) is 4.97. The van der Waals surface area contributed by atoms with Gasteiger partial charge in [-0.25, -0.2) is 0 Å². The maximum absolute atomic E-state index is 2.48. The molecule has 0 aromatic carbocycles. The van der Waals surface area contributed by atoms with E-state index in [1.54, 1.807) is 4.44 Å². The van der Waals surface area contributed by atoms with Crippen LogP contribution >= 0.6 is 0 Å². The number of hydrogen-bond donors (Lipinski definition) is 0. The molecule has 0 aromatic rings. The van der Waals surface area contributed by atoms with E-state index in [4.69, 9.17) is 0 Å². The first-order valence-corrected chi connectivity index (χ1v) is 11.3. The van der Waals surface area contributed by atoms with Gasteiger partial charge < -0.3 is 5.48 Å². The Labute approximate surface area is 65.9 Å². The van der Waals surface area contributed by atoms with E-state index in [-0.39, 0.29) is 5.48 Å². The van der Waals surface area contributed by atoms with Gasteiger partial charge in [0.05, 0.1) is 0 Å². The Bertz CT molecular complexity index is 46.2. The Morgan fingerprint density at radius 2 is 1.67 bits per heavy atom. The molecule has 0 amide bonds. The van der Waals surface area contributed by atoms with Crippen LogP contribution in [0.15, 0.2) is 0 Å². The van der Waals surface area contributed by atoms with Gasteiger partial charge in [0.15, 0.2) is 0 Å². The first kappa shape index (κ1) is 12.4. The summed E-state index contributed by atoms with van der Waals surface area (Å²) in [5.41, 5.74) is 0. The standard InChI is InChI=1S/C5H11.2CH3.H2O.Sn/c1-3-5-4-2;;;;/h1,3-5H2,2H3;2*1H3;1H2;. The number of rotatable bonds is 4. The van der Waals surface area contributed by atoms with Crippen molar-refractivity contribution >= 4 is 19.8 Å². The molecule has 57 valence electrons. The normalized spacial score (nSPS) is 9.33. The van der Waals surface area contributed by atoms with Gasteiger partial charge in [-0.3, -0.25) is 0 Å². The van der Waals surface area contributed by atoms with Crippen molar-refractivity contribution < 1.29 is 5.48 Å². The first-order chi connectivity index (χ1) is 3.77. The number of unbranched alkanes of at least 4 members (excludes halogenated alkanes) is 2. The molecule has 0 unspecified atom stereocenters. The predicted octanol–water partition coefficient (Wildman–Crippen LogP) is 2.11. The molecule has 0 aliphatic rings. The van der Waals surface area contributed by atoms with Crippen LogP contribution in [-0.4, -0.2) is 25.2 Å². The van der Waals surface area contributed by atoms with E-state index >= 15 is 0 Å². The molecule has 0 rings (SSSR count). The summed E-state index contributed by atoms with van der Waals surface area (Å²) in [7, 11) is 0. The van der Waals surface area contributed by atoms with Gasteiger partial charge in [0, 0.05) is 0 Å². The SMILES string of the molecule is CCCC[CH2][Sn]([CH3])[CH3].O. The van der Waals surface area contributed by atoms with E-state index in [0.29, 0.717) is 0 Å². The average Bonchev–Trinajstić information content (AvgIpc) is 1.66. The van der Waals surface area contributed by atoms with Gasteiger partial charge >= 0.3 is 60.3 Å². The Hall–Kier alpha value is 0.759. The fourth-order valence-electron chi connectivity index (χ4n) is 0.729. The molecule has 0 bridgehead atoms. The molecule has 0 spiro atoms. The minimum atomic E-state index is -0.662. The molecule has 9 heavy (non-hydrogen) atoms. The summed E-state index contributed by atoms with van der Waals surface area (Å²) >= 11 is -0.662. The topological polar surface area (TPSA) is 31.5 Å². The summed E-state index contributed by atoms with van der Waals surface area (Å²) in [5.74, 6) is 0. The second-order valence-electron chi connectivity index (χ2n) is 2.66. The van der Waals surface area contributed by atoms with E-state index in [0.717, 1.165) is 0 Å². The van der Waals surface area contributed by atoms with E-state index in [2.05, 4.69) is 16.8 Å². The molecule has 1 nitrogen and oxygen atoms in total. The largest absolute Gasteiger partial charge is 0.412 e. The monoisotopic (exact) mass is 239 g/mol. The van der Waals surface area contributed by atoms with Crippen LogP contribution in [-0.2, 0) is 0 Å². The second-order valence-corrected chi connectivity index (χ2v) is 11.0. The third-order valence-electron chi connectivity index (χ3n) is 1.28. The molecular weight excluding hydrogens is 219 g/mol. The van der Waals surface area contributed by atoms with Gasteiger partial charge in [-0.15, -0.1) is 0 Å². The van der Waals surface area contributed by atoms with Crippen LogP contribution in [0.2, 0.25) is 14.3 Å². The van der Waals surface area contributed by atoms with Crippen molar-refractivity contribution in [1.82, 2.24) is 0 Å². The van der Waals surface area contributed by atoms with Gasteiger partial charge in [0.1, 0.15) is 0 Å². The van der Waals surface area contributed by atoms with Gasteiger partial charge in [0.25, 0.3) is 0 Å². The van der Waals surface area contributed by atoms with Gasteiger partial charge in [0.2, 0.25) is 0 Å². The molecule has 0 aliphatic heterocycles. The molecule has 0 saturated carbocycles. The fraction of sp³-hybridized carbons (Fsp3) is 1.00. The Balaban J connectivity index is 0. The molecule has 0 atom stereocenters. The van der Waals surface area contributed by atoms with Gasteiger partial charge in [-0.1, -0.05) is 0 Å². The zero-order valence-corrected chi connectivity index (χ0v) is 9.68. The zero-order chi connectivity index (χ0) is 6.41. The van der Waals surface area contributed by atoms with Crippen LogP contribution in [0.1, 0.15) is 26.2 Å². The number of hydrogen-bond acceptors (Lipinski definition) is 0. The van der Waals surface area contributed by atoms with Crippen molar-refractivity contribution in [1.29, 1.82) is 0 Å². The van der Waals surface area contributed by atoms with Crippen LogP contribution in [0.5, 0.6) is 0 Å². The van der Waals surface area contributed by atoms with Crippen molar-refractivity contribution in [2.45, 2.75) is 40.5 Å². The van der Waals surface area contributed by atoms with Crippen molar-refractivity contribution in [3.63, 3.8) is 0 Å². The molecule has 0 heterocycles. The fourth-order valence-corrected chi connectivity index (χ4v) is 3.46. The molecule has 2 heteroatoms. The van der Waals surface area contributed by atoms with Crippen LogP contribution in [0, 0.1) is 0 Å². The minimum absolute atomic E-state index is 0. The minimum Gasteiger partial charge on any atom is -0.412 e. The molecule has 1 radical (unpaired) electrons. The zero-order valence-electron chi connectivity index (χ0n) is 6.83.